The maximum Gasteiger partial charge on any atom is 0.123 e. The molecule has 0 saturated heterocycles. The third-order valence-electron chi connectivity index (χ3n) is 2.29. The number of nitrogens with zero attached hydrogens (tertiary/aromatic N) is 2. The molecule has 1 fully saturated rings. The minimum absolute atomic E-state index is 0.363. The van der Waals surface area contributed by atoms with E-state index >= 15 is 0 Å². The Balaban J connectivity index is 2.13. The van der Waals surface area contributed by atoms with Crippen molar-refractivity contribution in [2.45, 2.75) is 31.6 Å². The lowest BCUT2D eigenvalue weighted by Gasteiger charge is -1.98. The molecule has 1 aliphatic rings. The zero-order valence-electron chi connectivity index (χ0n) is 7.01. The molecule has 0 N–H and O–H groups in total. The summed E-state index contributed by atoms with van der Waals surface area (Å²) in [5.41, 5.74) is 0.363. The van der Waals surface area contributed by atoms with Gasteiger partial charge in [-0.15, -0.1) is 33.1 Å². The predicted octanol–water partition coefficient (Wildman–Crippen LogP) is 2.37. The Labute approximate surface area is 81.0 Å². The Morgan fingerprint density at radius 2 is 2.25 bits per heavy atom. The Hall–Kier alpha value is -0.150. The number of hydrogen-bond donors (Lipinski definition) is 0. The molecule has 0 spiro atoms. The van der Waals surface area contributed by atoms with Gasteiger partial charge in [-0.1, -0.05) is 6.92 Å². The van der Waals surface area contributed by atoms with Crippen molar-refractivity contribution in [1.29, 1.82) is 0 Å². The molecule has 0 unspecified atom stereocenters. The van der Waals surface area contributed by atoms with E-state index in [9.17, 15) is 0 Å². The highest BCUT2D eigenvalue weighted by Crippen LogP contribution is 2.48. The topological polar surface area (TPSA) is 25.8 Å². The van der Waals surface area contributed by atoms with Gasteiger partial charge in [-0.25, -0.2) is 0 Å². The maximum atomic E-state index is 5.61. The summed E-state index contributed by atoms with van der Waals surface area (Å²) in [4.78, 5) is 0. The fraction of sp³-hybridized carbons (Fsp3) is 0.750. The fourth-order valence-electron chi connectivity index (χ4n) is 1.08. The summed E-state index contributed by atoms with van der Waals surface area (Å²) < 4.78 is 0. The van der Waals surface area contributed by atoms with E-state index in [-0.39, 0.29) is 0 Å². The van der Waals surface area contributed by atoms with Crippen LogP contribution in [-0.2, 0) is 11.8 Å². The van der Waals surface area contributed by atoms with Crippen LogP contribution in [-0.4, -0.2) is 16.1 Å². The number of hydrogen-bond acceptors (Lipinski definition) is 3. The molecule has 0 bridgehead atoms. The minimum atomic E-state index is 0.363. The van der Waals surface area contributed by atoms with Crippen LogP contribution < -0.4 is 0 Å². The van der Waals surface area contributed by atoms with E-state index in [2.05, 4.69) is 17.1 Å². The maximum absolute atomic E-state index is 5.61. The van der Waals surface area contributed by atoms with Gasteiger partial charge in [-0.3, -0.25) is 0 Å². The first-order chi connectivity index (χ1) is 5.74. The van der Waals surface area contributed by atoms with Crippen LogP contribution in [0.15, 0.2) is 0 Å². The molecule has 0 amide bonds. The van der Waals surface area contributed by atoms with E-state index in [1.54, 1.807) is 11.3 Å². The van der Waals surface area contributed by atoms with Gasteiger partial charge in [-0.2, -0.15) is 0 Å². The molecule has 1 aromatic rings. The number of rotatable bonds is 3. The smallest absolute Gasteiger partial charge is 0.123 e. The number of aryl methyl sites for hydroxylation is 1. The molecular weight excluding hydrogens is 192 g/mol. The van der Waals surface area contributed by atoms with Crippen LogP contribution in [0.2, 0.25) is 0 Å². The van der Waals surface area contributed by atoms with Crippen molar-refractivity contribution in [1.82, 2.24) is 10.2 Å². The molecule has 1 saturated carbocycles. The summed E-state index contributed by atoms with van der Waals surface area (Å²) in [5, 5.41) is 10.5. The molecule has 1 heterocycles. The molecule has 0 atom stereocenters. The summed E-state index contributed by atoms with van der Waals surface area (Å²) in [6, 6.07) is 0. The Morgan fingerprint density at radius 1 is 1.50 bits per heavy atom. The molecule has 2 nitrogen and oxygen atoms in total. The average molecular weight is 203 g/mol. The lowest BCUT2D eigenvalue weighted by Crippen LogP contribution is -1.97. The Morgan fingerprint density at radius 3 is 2.83 bits per heavy atom. The predicted molar refractivity (Wildman–Crippen MR) is 50.9 cm³/mol. The van der Waals surface area contributed by atoms with E-state index in [1.165, 1.54) is 17.8 Å². The SMILES string of the molecule is CC1(c2nnc(CCCl)s2)CC1. The van der Waals surface area contributed by atoms with Crippen molar-refractivity contribution in [2.75, 3.05) is 5.88 Å². The highest BCUT2D eigenvalue weighted by atomic mass is 35.5. The zero-order valence-corrected chi connectivity index (χ0v) is 8.58. The van der Waals surface area contributed by atoms with Crippen LogP contribution >= 0.6 is 22.9 Å². The second-order valence-electron chi connectivity index (χ2n) is 3.50. The molecule has 66 valence electrons. The van der Waals surface area contributed by atoms with Crippen LogP contribution in [0.1, 0.15) is 29.8 Å². The van der Waals surface area contributed by atoms with Crippen molar-refractivity contribution < 1.29 is 0 Å². The normalized spacial score (nSPS) is 19.5. The molecule has 0 aromatic carbocycles. The van der Waals surface area contributed by atoms with Crippen molar-refractivity contribution in [2.24, 2.45) is 0 Å². The van der Waals surface area contributed by atoms with Gasteiger partial charge in [0.15, 0.2) is 0 Å². The largest absolute Gasteiger partial charge is 0.143 e. The van der Waals surface area contributed by atoms with E-state index in [4.69, 9.17) is 11.6 Å². The van der Waals surface area contributed by atoms with E-state index in [1.807, 2.05) is 0 Å². The van der Waals surface area contributed by atoms with Crippen LogP contribution in [0.4, 0.5) is 0 Å². The van der Waals surface area contributed by atoms with Crippen LogP contribution in [0.3, 0.4) is 0 Å². The summed E-state index contributed by atoms with van der Waals surface area (Å²) >= 11 is 7.33. The Bertz CT molecular complexity index is 280. The fourth-order valence-corrected chi connectivity index (χ4v) is 2.41. The number of aromatic nitrogens is 2. The third kappa shape index (κ3) is 1.48. The molecule has 4 heteroatoms. The summed E-state index contributed by atoms with van der Waals surface area (Å²) in [5.74, 6) is 0.644. The second kappa shape index (κ2) is 2.96. The van der Waals surface area contributed by atoms with Gasteiger partial charge in [0.05, 0.1) is 0 Å². The quantitative estimate of drug-likeness (QED) is 0.704. The lowest BCUT2D eigenvalue weighted by atomic mass is 10.2. The van der Waals surface area contributed by atoms with Crippen LogP contribution in [0.25, 0.3) is 0 Å². The molecule has 0 aliphatic heterocycles. The van der Waals surface area contributed by atoms with Crippen molar-refractivity contribution >= 4 is 22.9 Å². The lowest BCUT2D eigenvalue weighted by molar-refractivity contribution is 0.754. The molecule has 0 radical (unpaired) electrons. The van der Waals surface area contributed by atoms with E-state index < -0.39 is 0 Å². The number of halogens is 1. The molecule has 2 rings (SSSR count). The van der Waals surface area contributed by atoms with Gasteiger partial charge in [-0.05, 0) is 12.8 Å². The van der Waals surface area contributed by atoms with Gasteiger partial charge in [0.2, 0.25) is 0 Å². The zero-order chi connectivity index (χ0) is 8.60. The second-order valence-corrected chi connectivity index (χ2v) is 4.94. The molecular formula is C8H11ClN2S. The van der Waals surface area contributed by atoms with Gasteiger partial charge in [0, 0.05) is 17.7 Å². The first-order valence-electron chi connectivity index (χ1n) is 4.13. The summed E-state index contributed by atoms with van der Waals surface area (Å²) in [7, 11) is 0. The van der Waals surface area contributed by atoms with Crippen molar-refractivity contribution in [3.63, 3.8) is 0 Å². The van der Waals surface area contributed by atoms with Crippen LogP contribution in [0, 0.1) is 0 Å². The third-order valence-corrected chi connectivity index (χ3v) is 3.77. The highest BCUT2D eigenvalue weighted by Gasteiger charge is 2.42. The first-order valence-corrected chi connectivity index (χ1v) is 5.48. The minimum Gasteiger partial charge on any atom is -0.143 e. The van der Waals surface area contributed by atoms with Gasteiger partial charge in [0.1, 0.15) is 10.0 Å². The molecule has 1 aliphatic carbocycles. The first kappa shape index (κ1) is 8.45. The summed E-state index contributed by atoms with van der Waals surface area (Å²) in [6.07, 6.45) is 3.39. The van der Waals surface area contributed by atoms with Crippen molar-refractivity contribution in [3.05, 3.63) is 10.0 Å². The molecule has 1 aromatic heterocycles. The average Bonchev–Trinajstić information content (AvgIpc) is 2.64. The van der Waals surface area contributed by atoms with E-state index in [0.717, 1.165) is 11.4 Å². The Kier molecular flexibility index (Phi) is 2.09. The van der Waals surface area contributed by atoms with Gasteiger partial charge >= 0.3 is 0 Å². The van der Waals surface area contributed by atoms with Crippen LogP contribution in [0.5, 0.6) is 0 Å². The van der Waals surface area contributed by atoms with Crippen molar-refractivity contribution in [3.8, 4) is 0 Å². The monoisotopic (exact) mass is 202 g/mol. The number of alkyl halides is 1. The van der Waals surface area contributed by atoms with E-state index in [0.29, 0.717) is 11.3 Å². The van der Waals surface area contributed by atoms with Gasteiger partial charge < -0.3 is 0 Å². The molecule has 12 heavy (non-hydrogen) atoms. The highest BCUT2D eigenvalue weighted by molar-refractivity contribution is 7.11. The van der Waals surface area contributed by atoms with Gasteiger partial charge in [0.25, 0.3) is 0 Å². The summed E-state index contributed by atoms with van der Waals surface area (Å²) in [6.45, 7) is 2.25. The standard InChI is InChI=1S/C8H11ClN2S/c1-8(3-4-8)7-11-10-6(12-7)2-5-9/h2-5H2,1H3.